The van der Waals surface area contributed by atoms with Crippen molar-refractivity contribution in [2.75, 3.05) is 26.0 Å². The molecule has 2 rings (SSSR count). The molecule has 2 aromatic rings. The first-order valence-corrected chi connectivity index (χ1v) is 7.69. The predicted octanol–water partition coefficient (Wildman–Crippen LogP) is 3.04. The van der Waals surface area contributed by atoms with Gasteiger partial charge in [-0.05, 0) is 31.7 Å². The Bertz CT molecular complexity index is 522. The van der Waals surface area contributed by atoms with E-state index in [1.54, 1.807) is 23.1 Å². The minimum atomic E-state index is 0.376. The minimum Gasteiger partial charge on any atom is -0.353 e. The van der Waals surface area contributed by atoms with Crippen molar-refractivity contribution in [2.24, 2.45) is 0 Å². The number of hydrogen-bond donors (Lipinski definition) is 1. The third-order valence-corrected chi connectivity index (χ3v) is 4.95. The van der Waals surface area contributed by atoms with Gasteiger partial charge in [0, 0.05) is 25.0 Å². The Morgan fingerprint density at radius 2 is 1.89 bits per heavy atom. The molecule has 0 saturated heterocycles. The lowest BCUT2D eigenvalue weighted by Gasteiger charge is -2.10. The topological polar surface area (TPSA) is 41.1 Å². The van der Waals surface area contributed by atoms with Gasteiger partial charge in [0.1, 0.15) is 0 Å². The van der Waals surface area contributed by atoms with Gasteiger partial charge in [0.2, 0.25) is 5.13 Å². The second-order valence-electron chi connectivity index (χ2n) is 4.43. The number of aromatic nitrogens is 2. The zero-order chi connectivity index (χ0) is 13.8. The summed E-state index contributed by atoms with van der Waals surface area (Å²) in [5, 5.41) is 12.5. The summed E-state index contributed by atoms with van der Waals surface area (Å²) in [7, 11) is 5.92. The summed E-state index contributed by atoms with van der Waals surface area (Å²) in [6, 6.07) is 8.94. The minimum absolute atomic E-state index is 0.376. The fraction of sp³-hybridized carbons (Fsp3) is 0.385. The van der Waals surface area contributed by atoms with Gasteiger partial charge in [0.15, 0.2) is 4.34 Å². The Hall–Kier alpha value is -1.11. The summed E-state index contributed by atoms with van der Waals surface area (Å²) in [4.78, 5) is 3.16. The van der Waals surface area contributed by atoms with Crippen molar-refractivity contribution in [1.82, 2.24) is 15.5 Å². The first-order chi connectivity index (χ1) is 9.10. The molecule has 6 heteroatoms. The molecule has 1 unspecified atom stereocenters. The molecule has 102 valence electrons. The molecule has 1 atom stereocenters. The molecule has 1 aromatic carbocycles. The molecule has 0 spiro atoms. The molecule has 0 aliphatic carbocycles. The molecule has 0 amide bonds. The fourth-order valence-electron chi connectivity index (χ4n) is 1.52. The first-order valence-electron chi connectivity index (χ1n) is 6.06. The van der Waals surface area contributed by atoms with Crippen LogP contribution in [0.4, 0.5) is 5.13 Å². The van der Waals surface area contributed by atoms with Crippen LogP contribution in [0.3, 0.4) is 0 Å². The Morgan fingerprint density at radius 3 is 2.42 bits per heavy atom. The van der Waals surface area contributed by atoms with Crippen LogP contribution in [0.2, 0.25) is 0 Å². The van der Waals surface area contributed by atoms with Gasteiger partial charge in [-0.2, -0.15) is 0 Å². The summed E-state index contributed by atoms with van der Waals surface area (Å²) >= 11 is 3.26. The van der Waals surface area contributed by atoms with Crippen LogP contribution in [0.25, 0.3) is 0 Å². The summed E-state index contributed by atoms with van der Waals surface area (Å²) < 4.78 is 0.970. The molecule has 1 heterocycles. The van der Waals surface area contributed by atoms with Crippen LogP contribution in [0, 0.1) is 0 Å². The van der Waals surface area contributed by atoms with Crippen molar-refractivity contribution in [2.45, 2.75) is 22.2 Å². The van der Waals surface area contributed by atoms with Crippen molar-refractivity contribution in [1.29, 1.82) is 0 Å². The third kappa shape index (κ3) is 3.68. The zero-order valence-electron chi connectivity index (χ0n) is 11.5. The molecule has 0 saturated carbocycles. The molecular weight excluding hydrogens is 276 g/mol. The van der Waals surface area contributed by atoms with E-state index >= 15 is 0 Å². The summed E-state index contributed by atoms with van der Waals surface area (Å²) in [6.45, 7) is 2.15. The molecule has 4 nitrogen and oxygen atoms in total. The smallest absolute Gasteiger partial charge is 0.208 e. The van der Waals surface area contributed by atoms with Gasteiger partial charge in [0.05, 0.1) is 0 Å². The van der Waals surface area contributed by atoms with Crippen molar-refractivity contribution in [3.63, 3.8) is 0 Å². The van der Waals surface area contributed by atoms with E-state index in [0.717, 1.165) is 9.47 Å². The van der Waals surface area contributed by atoms with Crippen LogP contribution in [-0.2, 0) is 0 Å². The normalized spacial score (nSPS) is 12.4. The van der Waals surface area contributed by atoms with Crippen molar-refractivity contribution >= 4 is 28.2 Å². The molecule has 0 fully saturated rings. The summed E-state index contributed by atoms with van der Waals surface area (Å²) in [6.07, 6.45) is 0. The van der Waals surface area contributed by atoms with Crippen LogP contribution in [0.5, 0.6) is 0 Å². The highest BCUT2D eigenvalue weighted by molar-refractivity contribution is 8.01. The van der Waals surface area contributed by atoms with Crippen molar-refractivity contribution in [3.8, 4) is 0 Å². The highest BCUT2D eigenvalue weighted by Gasteiger charge is 2.08. The van der Waals surface area contributed by atoms with Crippen LogP contribution in [0.15, 0.2) is 33.5 Å². The van der Waals surface area contributed by atoms with Crippen LogP contribution in [0.1, 0.15) is 18.5 Å². The van der Waals surface area contributed by atoms with E-state index in [0.29, 0.717) is 6.04 Å². The lowest BCUT2D eigenvalue weighted by molar-refractivity contribution is 0.652. The molecule has 0 bridgehead atoms. The molecule has 1 aromatic heterocycles. The summed E-state index contributed by atoms with van der Waals surface area (Å²) in [5.41, 5.74) is 1.29. The maximum absolute atomic E-state index is 4.18. The Kier molecular flexibility index (Phi) is 4.79. The van der Waals surface area contributed by atoms with Crippen molar-refractivity contribution < 1.29 is 0 Å². The van der Waals surface area contributed by atoms with E-state index in [1.807, 2.05) is 26.0 Å². The lowest BCUT2D eigenvalue weighted by atomic mass is 10.1. The highest BCUT2D eigenvalue weighted by atomic mass is 32.2. The van der Waals surface area contributed by atoms with Crippen molar-refractivity contribution in [3.05, 3.63) is 29.8 Å². The van der Waals surface area contributed by atoms with Crippen LogP contribution in [-0.4, -0.2) is 31.3 Å². The van der Waals surface area contributed by atoms with Gasteiger partial charge in [-0.25, -0.2) is 0 Å². The first kappa shape index (κ1) is 14.3. The van der Waals surface area contributed by atoms with E-state index in [1.165, 1.54) is 10.5 Å². The van der Waals surface area contributed by atoms with Gasteiger partial charge in [-0.15, -0.1) is 10.2 Å². The lowest BCUT2D eigenvalue weighted by Crippen LogP contribution is -2.11. The zero-order valence-corrected chi connectivity index (χ0v) is 13.2. The quantitative estimate of drug-likeness (QED) is 0.918. The molecular formula is C13H18N4S2. The monoisotopic (exact) mass is 294 g/mol. The molecule has 0 aliphatic heterocycles. The van der Waals surface area contributed by atoms with Gasteiger partial charge in [0.25, 0.3) is 0 Å². The Labute approximate surface area is 122 Å². The number of rotatable bonds is 5. The van der Waals surface area contributed by atoms with Crippen LogP contribution < -0.4 is 10.2 Å². The fourth-order valence-corrected chi connectivity index (χ4v) is 3.25. The van der Waals surface area contributed by atoms with Gasteiger partial charge in [-0.1, -0.05) is 35.2 Å². The number of nitrogens with one attached hydrogen (secondary N) is 1. The standard InChI is InChI=1S/C13H18N4S2/c1-9(14-2)10-5-7-11(8-6-10)18-13-16-15-12(19-13)17(3)4/h5-9,14H,1-4H3. The SMILES string of the molecule is CNC(C)c1ccc(Sc2nnc(N(C)C)s2)cc1. The Balaban J connectivity index is 2.06. The number of anilines is 1. The predicted molar refractivity (Wildman–Crippen MR) is 82.3 cm³/mol. The maximum Gasteiger partial charge on any atom is 0.208 e. The number of nitrogens with zero attached hydrogens (tertiary/aromatic N) is 3. The maximum atomic E-state index is 4.18. The van der Waals surface area contributed by atoms with E-state index in [9.17, 15) is 0 Å². The molecule has 0 radical (unpaired) electrons. The van der Waals surface area contributed by atoms with E-state index in [2.05, 4.69) is 46.7 Å². The van der Waals surface area contributed by atoms with Gasteiger partial charge in [-0.3, -0.25) is 0 Å². The second kappa shape index (κ2) is 6.36. The van der Waals surface area contributed by atoms with E-state index < -0.39 is 0 Å². The molecule has 1 N–H and O–H groups in total. The van der Waals surface area contributed by atoms with E-state index in [-0.39, 0.29) is 0 Å². The molecule has 0 aliphatic rings. The van der Waals surface area contributed by atoms with E-state index in [4.69, 9.17) is 0 Å². The third-order valence-electron chi connectivity index (χ3n) is 2.80. The molecule has 19 heavy (non-hydrogen) atoms. The Morgan fingerprint density at radius 1 is 1.21 bits per heavy atom. The average molecular weight is 294 g/mol. The second-order valence-corrected chi connectivity index (χ2v) is 6.70. The number of benzene rings is 1. The summed E-state index contributed by atoms with van der Waals surface area (Å²) in [5.74, 6) is 0. The highest BCUT2D eigenvalue weighted by Crippen LogP contribution is 2.33. The number of hydrogen-bond acceptors (Lipinski definition) is 6. The van der Waals surface area contributed by atoms with Gasteiger partial charge >= 0.3 is 0 Å². The van der Waals surface area contributed by atoms with Crippen LogP contribution >= 0.6 is 23.1 Å². The average Bonchev–Trinajstić information content (AvgIpc) is 2.87. The van der Waals surface area contributed by atoms with Gasteiger partial charge < -0.3 is 10.2 Å². The largest absolute Gasteiger partial charge is 0.353 e.